The summed E-state index contributed by atoms with van der Waals surface area (Å²) in [6.45, 7) is 5.37. The van der Waals surface area contributed by atoms with Crippen LogP contribution in [0.1, 0.15) is 19.3 Å². The van der Waals surface area contributed by atoms with Gasteiger partial charge >= 0.3 is 0 Å². The van der Waals surface area contributed by atoms with Gasteiger partial charge in [0.05, 0.1) is 18.9 Å². The number of nitrogens with one attached hydrogen (secondary N) is 1. The molecule has 0 aliphatic carbocycles. The smallest absolute Gasteiger partial charge is 0.256 e. The molecule has 3 heterocycles. The molecule has 0 amide bonds. The van der Waals surface area contributed by atoms with Crippen LogP contribution < -0.4 is 15.4 Å². The number of hydrogen-bond acceptors (Lipinski definition) is 4. The molecular formula is C24H27N3O2. The lowest BCUT2D eigenvalue weighted by Crippen LogP contribution is -2.36. The lowest BCUT2D eigenvalue weighted by atomic mass is 10.0. The zero-order valence-corrected chi connectivity index (χ0v) is 16.7. The van der Waals surface area contributed by atoms with Gasteiger partial charge in [-0.25, -0.2) is 0 Å². The van der Waals surface area contributed by atoms with Crippen molar-refractivity contribution >= 4 is 22.1 Å². The molecule has 0 unspecified atom stereocenters. The fourth-order valence-electron chi connectivity index (χ4n) is 4.52. The van der Waals surface area contributed by atoms with E-state index in [1.165, 1.54) is 24.9 Å². The highest BCUT2D eigenvalue weighted by Gasteiger charge is 2.17. The molecule has 2 saturated heterocycles. The van der Waals surface area contributed by atoms with Crippen molar-refractivity contribution in [2.75, 3.05) is 49.2 Å². The average molecular weight is 389 g/mol. The zero-order valence-electron chi connectivity index (χ0n) is 16.7. The third-order valence-electron chi connectivity index (χ3n) is 6.10. The van der Waals surface area contributed by atoms with Crippen LogP contribution in [0.4, 0.5) is 11.4 Å². The molecule has 150 valence electrons. The Bertz CT molecular complexity index is 1060. The molecule has 0 saturated carbocycles. The van der Waals surface area contributed by atoms with Crippen molar-refractivity contribution in [3.05, 3.63) is 58.9 Å². The van der Waals surface area contributed by atoms with Crippen molar-refractivity contribution in [1.29, 1.82) is 0 Å². The Labute approximate surface area is 170 Å². The van der Waals surface area contributed by atoms with Gasteiger partial charge in [-0.15, -0.1) is 0 Å². The Morgan fingerprint density at radius 3 is 2.45 bits per heavy atom. The predicted octanol–water partition coefficient (Wildman–Crippen LogP) is 4.02. The number of ether oxygens (including phenoxy) is 1. The van der Waals surface area contributed by atoms with Crippen molar-refractivity contribution in [3.63, 3.8) is 0 Å². The molecule has 1 N–H and O–H groups in total. The van der Waals surface area contributed by atoms with Crippen molar-refractivity contribution in [2.45, 2.75) is 19.3 Å². The summed E-state index contributed by atoms with van der Waals surface area (Å²) in [5.41, 5.74) is 4.27. The summed E-state index contributed by atoms with van der Waals surface area (Å²) in [4.78, 5) is 20.9. The molecule has 5 rings (SSSR count). The molecule has 0 atom stereocenters. The summed E-state index contributed by atoms with van der Waals surface area (Å²) >= 11 is 0. The van der Waals surface area contributed by atoms with E-state index in [4.69, 9.17) is 4.74 Å². The summed E-state index contributed by atoms with van der Waals surface area (Å²) in [6, 6.07) is 16.7. The van der Waals surface area contributed by atoms with Crippen molar-refractivity contribution in [1.82, 2.24) is 4.98 Å². The molecule has 3 aromatic rings. The van der Waals surface area contributed by atoms with Gasteiger partial charge in [-0.3, -0.25) is 4.79 Å². The first-order valence-corrected chi connectivity index (χ1v) is 10.6. The standard InChI is InChI=1S/C24H27N3O2/c28-24-21-17-19(26-12-14-29-15-13-26)9-8-18(21)16-22(25-24)20-6-2-3-7-23(20)27-10-4-1-5-11-27/h2-3,6-9,16-17H,1,4-5,10-15H2,(H,25,28). The minimum atomic E-state index is -0.0268. The number of pyridine rings is 1. The van der Waals surface area contributed by atoms with Crippen LogP contribution in [0, 0.1) is 0 Å². The quantitative estimate of drug-likeness (QED) is 0.735. The Kier molecular flexibility index (Phi) is 4.98. The number of aromatic nitrogens is 1. The SMILES string of the molecule is O=c1[nH]c(-c2ccccc2N2CCCCC2)cc2ccc(N3CCOCC3)cc12. The normalized spacial score (nSPS) is 17.7. The van der Waals surface area contributed by atoms with Crippen molar-refractivity contribution < 1.29 is 4.74 Å². The van der Waals surface area contributed by atoms with Gasteiger partial charge in [0.15, 0.2) is 0 Å². The van der Waals surface area contributed by atoms with E-state index in [2.05, 4.69) is 51.2 Å². The highest BCUT2D eigenvalue weighted by Crippen LogP contribution is 2.32. The molecule has 1 aromatic heterocycles. The Hall–Kier alpha value is -2.79. The summed E-state index contributed by atoms with van der Waals surface area (Å²) < 4.78 is 5.44. The second-order valence-electron chi connectivity index (χ2n) is 7.95. The molecule has 5 heteroatoms. The number of hydrogen-bond donors (Lipinski definition) is 1. The van der Waals surface area contributed by atoms with Gasteiger partial charge in [0.25, 0.3) is 5.56 Å². The Balaban J connectivity index is 1.54. The van der Waals surface area contributed by atoms with E-state index in [-0.39, 0.29) is 5.56 Å². The average Bonchev–Trinajstić information content (AvgIpc) is 2.80. The second-order valence-corrected chi connectivity index (χ2v) is 7.95. The molecule has 0 spiro atoms. The fourth-order valence-corrected chi connectivity index (χ4v) is 4.52. The van der Waals surface area contributed by atoms with Crippen LogP contribution in [0.3, 0.4) is 0 Å². The predicted molar refractivity (Wildman–Crippen MR) is 119 cm³/mol. The number of piperidine rings is 1. The molecule has 2 aromatic carbocycles. The minimum Gasteiger partial charge on any atom is -0.378 e. The van der Waals surface area contributed by atoms with Gasteiger partial charge in [-0.05, 0) is 48.9 Å². The van der Waals surface area contributed by atoms with E-state index in [1.807, 2.05) is 12.1 Å². The molecule has 0 bridgehead atoms. The van der Waals surface area contributed by atoms with E-state index in [0.717, 1.165) is 67.1 Å². The van der Waals surface area contributed by atoms with E-state index < -0.39 is 0 Å². The van der Waals surface area contributed by atoms with Crippen LogP contribution in [0.2, 0.25) is 0 Å². The summed E-state index contributed by atoms with van der Waals surface area (Å²) in [7, 11) is 0. The lowest BCUT2D eigenvalue weighted by molar-refractivity contribution is 0.122. The summed E-state index contributed by atoms with van der Waals surface area (Å²) in [6.07, 6.45) is 3.76. The van der Waals surface area contributed by atoms with Gasteiger partial charge in [0.1, 0.15) is 0 Å². The zero-order chi connectivity index (χ0) is 19.6. The van der Waals surface area contributed by atoms with Gasteiger partial charge in [-0.1, -0.05) is 24.3 Å². The van der Waals surface area contributed by atoms with Crippen LogP contribution >= 0.6 is 0 Å². The molecule has 5 nitrogen and oxygen atoms in total. The molecule has 0 radical (unpaired) electrons. The third-order valence-corrected chi connectivity index (χ3v) is 6.10. The van der Waals surface area contributed by atoms with E-state index in [1.54, 1.807) is 0 Å². The number of H-pyrrole nitrogens is 1. The van der Waals surface area contributed by atoms with E-state index in [9.17, 15) is 4.79 Å². The lowest BCUT2D eigenvalue weighted by Gasteiger charge is -2.30. The topological polar surface area (TPSA) is 48.6 Å². The number of morpholine rings is 1. The Morgan fingerprint density at radius 2 is 1.62 bits per heavy atom. The van der Waals surface area contributed by atoms with Gasteiger partial charge < -0.3 is 19.5 Å². The number of rotatable bonds is 3. The number of benzene rings is 2. The largest absolute Gasteiger partial charge is 0.378 e. The first kappa shape index (κ1) is 18.3. The van der Waals surface area contributed by atoms with Gasteiger partial charge in [-0.2, -0.15) is 0 Å². The maximum Gasteiger partial charge on any atom is 0.256 e. The highest BCUT2D eigenvalue weighted by atomic mass is 16.5. The van der Waals surface area contributed by atoms with Crippen molar-refractivity contribution in [2.24, 2.45) is 0 Å². The first-order chi connectivity index (χ1) is 14.3. The number of nitrogens with zero attached hydrogens (tertiary/aromatic N) is 2. The Morgan fingerprint density at radius 1 is 0.828 bits per heavy atom. The number of para-hydroxylation sites is 1. The third kappa shape index (κ3) is 3.62. The highest BCUT2D eigenvalue weighted by molar-refractivity contribution is 5.89. The van der Waals surface area contributed by atoms with Gasteiger partial charge in [0.2, 0.25) is 0 Å². The van der Waals surface area contributed by atoms with Crippen molar-refractivity contribution in [3.8, 4) is 11.3 Å². The number of fused-ring (bicyclic) bond motifs is 1. The van der Waals surface area contributed by atoms with Crippen LogP contribution in [-0.4, -0.2) is 44.4 Å². The van der Waals surface area contributed by atoms with E-state index >= 15 is 0 Å². The van der Waals surface area contributed by atoms with Gasteiger partial charge in [0, 0.05) is 48.5 Å². The summed E-state index contributed by atoms with van der Waals surface area (Å²) in [5, 5.41) is 1.72. The van der Waals surface area contributed by atoms with Crippen LogP contribution in [0.15, 0.2) is 53.3 Å². The van der Waals surface area contributed by atoms with Crippen LogP contribution in [-0.2, 0) is 4.74 Å². The maximum atomic E-state index is 13.0. The molecule has 2 fully saturated rings. The summed E-state index contributed by atoms with van der Waals surface area (Å²) in [5.74, 6) is 0. The van der Waals surface area contributed by atoms with E-state index in [0.29, 0.717) is 0 Å². The number of anilines is 2. The molecule has 2 aliphatic rings. The molecular weight excluding hydrogens is 362 g/mol. The molecule has 2 aliphatic heterocycles. The number of aromatic amines is 1. The fraction of sp³-hybridized carbons (Fsp3) is 0.375. The minimum absolute atomic E-state index is 0.0268. The van der Waals surface area contributed by atoms with Crippen LogP contribution in [0.25, 0.3) is 22.0 Å². The maximum absolute atomic E-state index is 13.0. The molecule has 29 heavy (non-hydrogen) atoms. The second kappa shape index (κ2) is 7.91. The monoisotopic (exact) mass is 389 g/mol. The first-order valence-electron chi connectivity index (χ1n) is 10.6. The van der Waals surface area contributed by atoms with Crippen LogP contribution in [0.5, 0.6) is 0 Å².